The molecule has 1 heteroatoms. The molecule has 50 valence electrons. The van der Waals surface area contributed by atoms with Crippen LogP contribution in [0.25, 0.3) is 0 Å². The van der Waals surface area contributed by atoms with Gasteiger partial charge in [0.15, 0.2) is 0 Å². The fourth-order valence-corrected chi connectivity index (χ4v) is 0.342. The molecule has 1 aromatic rings. The van der Waals surface area contributed by atoms with E-state index in [9.17, 15) is 0 Å². The van der Waals surface area contributed by atoms with E-state index < -0.39 is 0 Å². The van der Waals surface area contributed by atoms with E-state index >= 15 is 0 Å². The van der Waals surface area contributed by atoms with Crippen LogP contribution >= 0.6 is 0 Å². The average molecular weight is 257 g/mol. The molecule has 0 fully saturated rings. The van der Waals surface area contributed by atoms with Crippen molar-refractivity contribution in [3.8, 4) is 0 Å². The van der Waals surface area contributed by atoms with Crippen molar-refractivity contribution in [3.05, 3.63) is 43.3 Å². The van der Waals surface area contributed by atoms with Gasteiger partial charge in [-0.25, -0.2) is 0 Å². The fourth-order valence-electron chi connectivity index (χ4n) is 0.342. The van der Waals surface area contributed by atoms with Crippen LogP contribution in [-0.2, 0) is 0 Å². The van der Waals surface area contributed by atoms with Crippen molar-refractivity contribution in [3.63, 3.8) is 0 Å². The molecular formula is C8H10Sm-2. The first-order valence-electron chi connectivity index (χ1n) is 2.62. The van der Waals surface area contributed by atoms with Crippen molar-refractivity contribution in [1.29, 1.82) is 0 Å². The van der Waals surface area contributed by atoms with Gasteiger partial charge in [0, 0.05) is 40.4 Å². The molecule has 9 heavy (non-hydrogen) atoms. The van der Waals surface area contributed by atoms with Crippen LogP contribution in [0.5, 0.6) is 0 Å². The Morgan fingerprint density at radius 3 is 1.56 bits per heavy atom. The maximum atomic E-state index is 3.25. The van der Waals surface area contributed by atoms with E-state index in [0.29, 0.717) is 0 Å². The van der Waals surface area contributed by atoms with E-state index in [-0.39, 0.29) is 40.4 Å². The summed E-state index contributed by atoms with van der Waals surface area (Å²) in [5.41, 5.74) is 0. The van der Waals surface area contributed by atoms with Gasteiger partial charge in [-0.15, -0.1) is 0 Å². The van der Waals surface area contributed by atoms with Gasteiger partial charge in [-0.2, -0.15) is 43.3 Å². The maximum absolute atomic E-state index is 3.25. The van der Waals surface area contributed by atoms with E-state index in [1.54, 1.807) is 6.92 Å². The molecule has 1 aromatic carbocycles. The molecule has 0 aromatic heterocycles. The molecule has 0 aliphatic heterocycles. The molecule has 0 bridgehead atoms. The van der Waals surface area contributed by atoms with Crippen molar-refractivity contribution in [2.45, 2.75) is 6.92 Å². The number of hydrogen-bond acceptors (Lipinski definition) is 0. The Morgan fingerprint density at radius 1 is 1.00 bits per heavy atom. The van der Waals surface area contributed by atoms with Gasteiger partial charge in [0.2, 0.25) is 0 Å². The summed E-state index contributed by atoms with van der Waals surface area (Å²) in [6.45, 7) is 5.00. The third kappa shape index (κ3) is 8.56. The van der Waals surface area contributed by atoms with Gasteiger partial charge in [-0.05, 0) is 0 Å². The molecular weight excluding hydrogens is 246 g/mol. The standard InChI is InChI=1S/C6H5.C2H5.Sm/c1-2-4-6-5-3-1;1-2;/h1-5H;1H2,2H3;/q2*-1;. The molecule has 0 spiro atoms. The summed E-state index contributed by atoms with van der Waals surface area (Å²) in [7, 11) is 0. The summed E-state index contributed by atoms with van der Waals surface area (Å²) in [5.74, 6) is 0. The van der Waals surface area contributed by atoms with E-state index in [0.717, 1.165) is 0 Å². The Hall–Kier alpha value is 0.558. The first-order chi connectivity index (χ1) is 4.00. The van der Waals surface area contributed by atoms with Crippen LogP contribution in [0.2, 0.25) is 0 Å². The zero-order valence-electron chi connectivity index (χ0n) is 5.50. The normalized spacial score (nSPS) is 6.00. The number of rotatable bonds is 0. The van der Waals surface area contributed by atoms with Gasteiger partial charge in [-0.1, -0.05) is 0 Å². The molecule has 0 amide bonds. The smallest absolute Gasteiger partial charge is 0 e. The maximum Gasteiger partial charge on any atom is 0 e. The largest absolute Gasteiger partial charge is 0.346 e. The monoisotopic (exact) mass is 258 g/mol. The molecule has 0 saturated carbocycles. The van der Waals surface area contributed by atoms with Crippen molar-refractivity contribution >= 4 is 0 Å². The van der Waals surface area contributed by atoms with Crippen molar-refractivity contribution in [2.75, 3.05) is 0 Å². The molecule has 0 aliphatic carbocycles. The molecule has 0 unspecified atom stereocenters. The van der Waals surface area contributed by atoms with Gasteiger partial charge in [0.1, 0.15) is 0 Å². The minimum absolute atomic E-state index is 0. The summed E-state index contributed by atoms with van der Waals surface area (Å²) in [6, 6.07) is 12.5. The molecule has 0 radical (unpaired) electrons. The predicted molar refractivity (Wildman–Crippen MR) is 36.3 cm³/mol. The molecule has 0 aliphatic rings. The van der Waals surface area contributed by atoms with Crippen LogP contribution < -0.4 is 0 Å². The summed E-state index contributed by atoms with van der Waals surface area (Å²) in [5, 5.41) is 0. The summed E-state index contributed by atoms with van der Waals surface area (Å²) in [6.07, 6.45) is 0. The van der Waals surface area contributed by atoms with Crippen LogP contribution in [-0.4, -0.2) is 0 Å². The molecule has 0 atom stereocenters. The number of benzene rings is 1. The van der Waals surface area contributed by atoms with Gasteiger partial charge < -0.3 is 6.92 Å². The van der Waals surface area contributed by atoms with E-state index in [2.05, 4.69) is 13.0 Å². The van der Waals surface area contributed by atoms with E-state index in [4.69, 9.17) is 0 Å². The second-order valence-corrected chi connectivity index (χ2v) is 1.08. The number of hydrogen-bond donors (Lipinski definition) is 0. The summed E-state index contributed by atoms with van der Waals surface area (Å²) in [4.78, 5) is 0. The average Bonchev–Trinajstić information content (AvgIpc) is 1.96. The molecule has 1 rings (SSSR count). The SMILES string of the molecule is [CH2-]C.[Sm].[c-]1ccccc1. The molecule has 0 N–H and O–H groups in total. The Morgan fingerprint density at radius 2 is 1.44 bits per heavy atom. The predicted octanol–water partition coefficient (Wildman–Crippen LogP) is 2.33. The Labute approximate surface area is 89.8 Å². The van der Waals surface area contributed by atoms with Crippen LogP contribution in [0, 0.1) is 53.4 Å². The van der Waals surface area contributed by atoms with Gasteiger partial charge >= 0.3 is 0 Å². The van der Waals surface area contributed by atoms with Crippen molar-refractivity contribution in [2.24, 2.45) is 0 Å². The van der Waals surface area contributed by atoms with E-state index in [1.165, 1.54) is 0 Å². The Kier molecular flexibility index (Phi) is 15.5. The van der Waals surface area contributed by atoms with Crippen LogP contribution in [0.15, 0.2) is 30.3 Å². The van der Waals surface area contributed by atoms with Crippen LogP contribution in [0.1, 0.15) is 6.92 Å². The van der Waals surface area contributed by atoms with Gasteiger partial charge in [0.25, 0.3) is 0 Å². The minimum atomic E-state index is 0. The molecule has 0 saturated heterocycles. The molecule has 0 nitrogen and oxygen atoms in total. The summed E-state index contributed by atoms with van der Waals surface area (Å²) >= 11 is 0. The van der Waals surface area contributed by atoms with Crippen LogP contribution in [0.4, 0.5) is 0 Å². The first-order valence-corrected chi connectivity index (χ1v) is 2.62. The third-order valence-corrected chi connectivity index (χ3v) is 0.607. The van der Waals surface area contributed by atoms with Gasteiger partial charge in [-0.3, -0.25) is 0 Å². The Bertz CT molecular complexity index is 76.5. The second-order valence-electron chi connectivity index (χ2n) is 1.08. The van der Waals surface area contributed by atoms with E-state index in [1.807, 2.05) is 30.3 Å². The zero-order chi connectivity index (χ0) is 6.24. The minimum Gasteiger partial charge on any atom is -0.346 e. The first kappa shape index (κ1) is 12.3. The van der Waals surface area contributed by atoms with Crippen molar-refractivity contribution < 1.29 is 40.4 Å². The Balaban J connectivity index is 0. The van der Waals surface area contributed by atoms with Crippen LogP contribution in [0.3, 0.4) is 0 Å². The quantitative estimate of drug-likeness (QED) is 0.625. The van der Waals surface area contributed by atoms with Crippen molar-refractivity contribution in [1.82, 2.24) is 0 Å². The summed E-state index contributed by atoms with van der Waals surface area (Å²) < 4.78 is 0. The zero-order valence-corrected chi connectivity index (χ0v) is 8.12. The van der Waals surface area contributed by atoms with Gasteiger partial charge in [0.05, 0.1) is 0 Å². The third-order valence-electron chi connectivity index (χ3n) is 0.607. The topological polar surface area (TPSA) is 0 Å². The molecule has 0 heterocycles. The second kappa shape index (κ2) is 11.4. The fraction of sp³-hybridized carbons (Fsp3) is 0.125.